The van der Waals surface area contributed by atoms with Crippen LogP contribution in [0, 0.1) is 0 Å². The van der Waals surface area contributed by atoms with Crippen molar-refractivity contribution < 1.29 is 38.8 Å². The number of β-lactam (4-membered cyclic amide) rings is 1. The molecule has 2 aliphatic rings. The number of carboxylic acid groups (broad SMARTS) is 2. The van der Waals surface area contributed by atoms with Crippen LogP contribution in [0.2, 0.25) is 0 Å². The number of carbonyl (C=O) groups excluding carboxylic acids is 3. The lowest BCUT2D eigenvalue weighted by atomic mass is 10.0. The summed E-state index contributed by atoms with van der Waals surface area (Å²) in [6, 6.07) is 2.60. The zero-order valence-electron chi connectivity index (χ0n) is 22.9. The quantitative estimate of drug-likeness (QED) is 0.0674. The molecule has 7 N–H and O–H groups in total. The zero-order chi connectivity index (χ0) is 31.1. The minimum Gasteiger partial charge on any atom is -0.543 e. The van der Waals surface area contributed by atoms with Crippen LogP contribution in [0.5, 0.6) is 0 Å². The van der Waals surface area contributed by atoms with Crippen molar-refractivity contribution in [1.29, 1.82) is 0 Å². The van der Waals surface area contributed by atoms with Gasteiger partial charge in [0.25, 0.3) is 11.8 Å². The number of carbonyl (C=O) groups is 4. The summed E-state index contributed by atoms with van der Waals surface area (Å²) in [5.74, 6) is -4.47. The van der Waals surface area contributed by atoms with Gasteiger partial charge in [0, 0.05) is 40.7 Å². The Kier molecular flexibility index (Phi) is 8.08. The number of H-pyrrole nitrogens is 1. The van der Waals surface area contributed by atoms with Gasteiger partial charge in [-0.25, -0.2) is 4.79 Å². The van der Waals surface area contributed by atoms with Crippen LogP contribution in [0.25, 0.3) is 11.0 Å². The lowest BCUT2D eigenvalue weighted by Gasteiger charge is -2.50. The fourth-order valence-electron chi connectivity index (χ4n) is 4.66. The van der Waals surface area contributed by atoms with Crippen LogP contribution in [0.3, 0.4) is 0 Å². The Bertz CT molecular complexity index is 1700. The first-order chi connectivity index (χ1) is 20.4. The fraction of sp³-hybridized carbons (Fsp3) is 0.360. The molecule has 16 nitrogen and oxygen atoms in total. The van der Waals surface area contributed by atoms with Gasteiger partial charge in [0.15, 0.2) is 17.9 Å². The SMILES string of the molecule is CC(C)(O/N=C(\C(=O)NC1C(=O)N2C(C(=O)[O-])=C(C[n+]3cccc4[nH]cc(CCN)c43)CSC12)c1nsc(N)n1)C(=O)O. The molecule has 5 rings (SSSR count). The van der Waals surface area contributed by atoms with E-state index < -0.39 is 46.5 Å². The number of nitrogen functional groups attached to an aromatic ring is 1. The first-order valence-corrected chi connectivity index (χ1v) is 14.7. The number of rotatable bonds is 11. The van der Waals surface area contributed by atoms with Gasteiger partial charge in [-0.3, -0.25) is 14.5 Å². The van der Waals surface area contributed by atoms with E-state index in [4.69, 9.17) is 16.3 Å². The maximum absolute atomic E-state index is 13.3. The number of fused-ring (bicyclic) bond motifs is 2. The van der Waals surface area contributed by atoms with E-state index in [2.05, 4.69) is 24.8 Å². The third-order valence-electron chi connectivity index (χ3n) is 6.83. The summed E-state index contributed by atoms with van der Waals surface area (Å²) in [4.78, 5) is 63.6. The molecule has 0 bridgehead atoms. The number of oxime groups is 1. The number of anilines is 1. The third-order valence-corrected chi connectivity index (χ3v) is 8.71. The van der Waals surface area contributed by atoms with Gasteiger partial charge in [0.1, 0.15) is 16.9 Å². The predicted octanol–water partition coefficient (Wildman–Crippen LogP) is -1.92. The van der Waals surface area contributed by atoms with Gasteiger partial charge in [0.2, 0.25) is 22.7 Å². The number of amides is 2. The summed E-state index contributed by atoms with van der Waals surface area (Å²) >= 11 is 2.04. The monoisotopic (exact) mass is 629 g/mol. The molecular formula is C25H27N9O7S2. The van der Waals surface area contributed by atoms with E-state index in [1.165, 1.54) is 25.6 Å². The first kappa shape index (κ1) is 29.9. The molecule has 2 amide bonds. The normalized spacial score (nSPS) is 18.8. The van der Waals surface area contributed by atoms with Crippen molar-refractivity contribution in [2.24, 2.45) is 10.9 Å². The molecule has 0 aromatic carbocycles. The van der Waals surface area contributed by atoms with E-state index in [1.807, 2.05) is 29.1 Å². The summed E-state index contributed by atoms with van der Waals surface area (Å²) in [6.45, 7) is 3.06. The highest BCUT2D eigenvalue weighted by molar-refractivity contribution is 8.00. The number of aromatic amines is 1. The lowest BCUT2D eigenvalue weighted by molar-refractivity contribution is -0.663. The average molecular weight is 630 g/mol. The Morgan fingerprint density at radius 1 is 1.40 bits per heavy atom. The average Bonchev–Trinajstić information content (AvgIpc) is 3.58. The smallest absolute Gasteiger partial charge is 0.350 e. The minimum absolute atomic E-state index is 0.0151. The minimum atomic E-state index is -1.80. The molecule has 3 aromatic rings. The van der Waals surface area contributed by atoms with Crippen molar-refractivity contribution in [1.82, 2.24) is 24.6 Å². The van der Waals surface area contributed by atoms with Crippen LogP contribution < -0.4 is 26.5 Å². The van der Waals surface area contributed by atoms with Crippen molar-refractivity contribution in [2.45, 2.75) is 43.8 Å². The number of nitrogens with two attached hydrogens (primary N) is 2. The summed E-state index contributed by atoms with van der Waals surface area (Å²) in [5.41, 5.74) is 12.0. The Labute approximate surface area is 251 Å². The standard InChI is InChI=1S/C25H27N9O7S2/c1-25(2,23(39)40)41-31-14(18-30-24(27)43-32-18)19(35)29-15-20(36)34-17(22(37)38)12(10-42-21(15)34)9-33-7-3-4-13-16(33)11(5-6-26)8-28-13/h3-4,7-8,15,21H,5-6,9-10,26H2,1-2H3,(H5,27,29,30,32,35,37,38,39,40)/b31-14-. The maximum atomic E-state index is 13.3. The second kappa shape index (κ2) is 11.6. The molecule has 0 radical (unpaired) electrons. The Morgan fingerprint density at radius 2 is 2.16 bits per heavy atom. The molecule has 0 spiro atoms. The van der Waals surface area contributed by atoms with Gasteiger partial charge in [-0.1, -0.05) is 5.16 Å². The molecule has 0 aliphatic carbocycles. The van der Waals surface area contributed by atoms with E-state index in [-0.39, 0.29) is 29.0 Å². The van der Waals surface area contributed by atoms with Crippen LogP contribution in [-0.4, -0.2) is 83.1 Å². The number of pyridine rings is 1. The third kappa shape index (κ3) is 5.63. The van der Waals surface area contributed by atoms with Crippen LogP contribution in [0.1, 0.15) is 25.2 Å². The molecule has 2 unspecified atom stereocenters. The number of aromatic nitrogens is 4. The molecule has 226 valence electrons. The molecule has 5 heterocycles. The van der Waals surface area contributed by atoms with E-state index in [0.29, 0.717) is 18.5 Å². The Balaban J connectivity index is 1.39. The fourth-order valence-corrected chi connectivity index (χ4v) is 6.43. The molecule has 43 heavy (non-hydrogen) atoms. The Hall–Kier alpha value is -4.55. The summed E-state index contributed by atoms with van der Waals surface area (Å²) in [6.07, 6.45) is 4.30. The maximum Gasteiger partial charge on any atom is 0.350 e. The van der Waals surface area contributed by atoms with Crippen LogP contribution >= 0.6 is 23.3 Å². The molecule has 18 heteroatoms. The van der Waals surface area contributed by atoms with Crippen molar-refractivity contribution in [2.75, 3.05) is 18.0 Å². The number of nitrogens with zero attached hydrogens (tertiary/aromatic N) is 5. The Morgan fingerprint density at radius 3 is 2.81 bits per heavy atom. The van der Waals surface area contributed by atoms with Gasteiger partial charge in [-0.2, -0.15) is 13.9 Å². The van der Waals surface area contributed by atoms with Crippen molar-refractivity contribution in [3.8, 4) is 0 Å². The highest BCUT2D eigenvalue weighted by Crippen LogP contribution is 2.40. The van der Waals surface area contributed by atoms with Gasteiger partial charge in [-0.05, 0) is 32.9 Å². The number of thioether (sulfide) groups is 1. The van der Waals surface area contributed by atoms with Gasteiger partial charge in [0.05, 0.1) is 11.7 Å². The van der Waals surface area contributed by atoms with Crippen molar-refractivity contribution in [3.63, 3.8) is 0 Å². The van der Waals surface area contributed by atoms with Crippen molar-refractivity contribution in [3.05, 3.63) is 47.2 Å². The second-order valence-corrected chi connectivity index (χ2v) is 12.0. The number of carboxylic acids is 2. The largest absolute Gasteiger partial charge is 0.543 e. The summed E-state index contributed by atoms with van der Waals surface area (Å²) in [5, 5.41) is 27.1. The molecule has 2 atom stereocenters. The van der Waals surface area contributed by atoms with E-state index >= 15 is 0 Å². The van der Waals surface area contributed by atoms with Crippen LogP contribution in [0.15, 0.2) is 41.0 Å². The number of hydrogen-bond acceptors (Lipinski definition) is 13. The van der Waals surface area contributed by atoms with Crippen LogP contribution in [0.4, 0.5) is 5.13 Å². The molecule has 2 aliphatic heterocycles. The van der Waals surface area contributed by atoms with Gasteiger partial charge < -0.3 is 41.6 Å². The number of hydrogen-bond donors (Lipinski definition) is 5. The lowest BCUT2D eigenvalue weighted by Crippen LogP contribution is -2.71. The van der Waals surface area contributed by atoms with E-state index in [0.717, 1.165) is 33.0 Å². The summed E-state index contributed by atoms with van der Waals surface area (Å²) < 4.78 is 5.83. The highest BCUT2D eigenvalue weighted by Gasteiger charge is 2.53. The highest BCUT2D eigenvalue weighted by atomic mass is 32.2. The van der Waals surface area contributed by atoms with Gasteiger partial charge >= 0.3 is 5.97 Å². The van der Waals surface area contributed by atoms with Crippen LogP contribution in [-0.2, 0) is 37.0 Å². The molecule has 0 saturated carbocycles. The first-order valence-electron chi connectivity index (χ1n) is 12.9. The number of nitrogens with one attached hydrogen (secondary N) is 2. The molecule has 1 fully saturated rings. The summed E-state index contributed by atoms with van der Waals surface area (Å²) in [7, 11) is 0. The van der Waals surface area contributed by atoms with Gasteiger partial charge in [-0.15, -0.1) is 11.8 Å². The molecular weight excluding hydrogens is 602 g/mol. The van der Waals surface area contributed by atoms with E-state index in [1.54, 1.807) is 0 Å². The molecule has 1 saturated heterocycles. The topological polar surface area (TPSA) is 246 Å². The molecule has 3 aromatic heterocycles. The van der Waals surface area contributed by atoms with Crippen molar-refractivity contribution >= 4 is 68.9 Å². The second-order valence-electron chi connectivity index (χ2n) is 10.2. The zero-order valence-corrected chi connectivity index (χ0v) is 24.5. The predicted molar refractivity (Wildman–Crippen MR) is 152 cm³/mol. The van der Waals surface area contributed by atoms with E-state index in [9.17, 15) is 29.4 Å². The number of aliphatic carboxylic acids is 2.